The van der Waals surface area contributed by atoms with Gasteiger partial charge in [-0.15, -0.1) is 0 Å². The Morgan fingerprint density at radius 1 is 0.296 bits per heavy atom. The fraction of sp³-hybridized carbons (Fsp3) is 0. The van der Waals surface area contributed by atoms with Gasteiger partial charge in [-0.3, -0.25) is 0 Å². The summed E-state index contributed by atoms with van der Waals surface area (Å²) in [7, 11) is 0. The van der Waals surface area contributed by atoms with E-state index in [1.54, 1.807) is 0 Å². The second-order valence-electron chi connectivity index (χ2n) is 13.7. The van der Waals surface area contributed by atoms with E-state index in [0.717, 1.165) is 56.4 Å². The molecule has 254 valence electrons. The van der Waals surface area contributed by atoms with E-state index in [4.69, 9.17) is 4.74 Å². The lowest BCUT2D eigenvalue weighted by Crippen LogP contribution is -2.10. The van der Waals surface area contributed by atoms with Crippen molar-refractivity contribution in [2.75, 3.05) is 4.90 Å². The molecule has 2 heteroatoms. The first-order valence-corrected chi connectivity index (χ1v) is 18.4. The Bertz CT molecular complexity index is 2770. The highest BCUT2D eigenvalue weighted by Crippen LogP contribution is 2.54. The average molecular weight is 690 g/mol. The SMILES string of the molecule is c1ccc(-c2ccc(N(c3ccc4c(c3)Oc3c(-c5ccccc5)cccc3-c3c(-c5ccccc5)cccc3-4)c3ccc4ccccc4c3)cc2)cc1. The van der Waals surface area contributed by atoms with Gasteiger partial charge < -0.3 is 9.64 Å². The molecule has 0 saturated carbocycles. The maximum absolute atomic E-state index is 7.24. The average Bonchev–Trinajstić information content (AvgIpc) is 3.39. The molecule has 0 radical (unpaired) electrons. The lowest BCUT2D eigenvalue weighted by Gasteiger charge is -2.27. The van der Waals surface area contributed by atoms with E-state index >= 15 is 0 Å². The third-order valence-corrected chi connectivity index (χ3v) is 10.5. The third kappa shape index (κ3) is 5.62. The molecule has 0 bridgehead atoms. The van der Waals surface area contributed by atoms with Gasteiger partial charge in [-0.2, -0.15) is 0 Å². The number of rotatable bonds is 6. The molecule has 0 N–H and O–H groups in total. The molecular weight excluding hydrogens is 655 g/mol. The minimum absolute atomic E-state index is 0.813. The number of benzene rings is 9. The molecule has 0 aliphatic carbocycles. The second-order valence-corrected chi connectivity index (χ2v) is 13.7. The van der Waals surface area contributed by atoms with Crippen molar-refractivity contribution in [3.8, 4) is 67.1 Å². The summed E-state index contributed by atoms with van der Waals surface area (Å²) < 4.78 is 7.24. The quantitative estimate of drug-likeness (QED) is 0.172. The molecule has 54 heavy (non-hydrogen) atoms. The van der Waals surface area contributed by atoms with Crippen molar-refractivity contribution >= 4 is 27.8 Å². The number of nitrogens with zero attached hydrogens (tertiary/aromatic N) is 1. The van der Waals surface area contributed by atoms with Gasteiger partial charge in [0.25, 0.3) is 0 Å². The topological polar surface area (TPSA) is 12.5 Å². The molecule has 0 amide bonds. The zero-order valence-corrected chi connectivity index (χ0v) is 29.6. The number of ether oxygens (including phenoxy) is 1. The fourth-order valence-corrected chi connectivity index (χ4v) is 7.88. The molecule has 2 nitrogen and oxygen atoms in total. The molecule has 1 aliphatic rings. The summed E-state index contributed by atoms with van der Waals surface area (Å²) in [5.74, 6) is 1.67. The molecule has 1 heterocycles. The van der Waals surface area contributed by atoms with Gasteiger partial charge in [0, 0.05) is 45.4 Å². The van der Waals surface area contributed by atoms with Crippen LogP contribution in [0, 0.1) is 0 Å². The van der Waals surface area contributed by atoms with Crippen LogP contribution in [0.2, 0.25) is 0 Å². The summed E-state index contributed by atoms with van der Waals surface area (Å²) in [6.45, 7) is 0. The maximum Gasteiger partial charge on any atom is 0.143 e. The van der Waals surface area contributed by atoms with Crippen LogP contribution in [-0.2, 0) is 0 Å². The number of hydrogen-bond acceptors (Lipinski definition) is 2. The van der Waals surface area contributed by atoms with Crippen molar-refractivity contribution in [2.24, 2.45) is 0 Å². The second kappa shape index (κ2) is 13.4. The Labute approximate surface area is 315 Å². The van der Waals surface area contributed by atoms with E-state index in [1.165, 1.54) is 38.6 Å². The van der Waals surface area contributed by atoms with E-state index in [2.05, 4.69) is 217 Å². The van der Waals surface area contributed by atoms with Gasteiger partial charge in [-0.05, 0) is 80.6 Å². The van der Waals surface area contributed by atoms with E-state index in [1.807, 2.05) is 0 Å². The normalized spacial score (nSPS) is 11.5. The number of fused-ring (bicyclic) bond motifs is 6. The van der Waals surface area contributed by atoms with Gasteiger partial charge in [-0.25, -0.2) is 0 Å². The Hall–Kier alpha value is -7.16. The first kappa shape index (κ1) is 31.6. The smallest absolute Gasteiger partial charge is 0.143 e. The van der Waals surface area contributed by atoms with Crippen LogP contribution in [0.1, 0.15) is 0 Å². The summed E-state index contributed by atoms with van der Waals surface area (Å²) in [5.41, 5.74) is 14.5. The molecule has 0 spiro atoms. The van der Waals surface area contributed by atoms with Gasteiger partial charge in [0.1, 0.15) is 11.5 Å². The fourth-order valence-electron chi connectivity index (χ4n) is 7.88. The largest absolute Gasteiger partial charge is 0.455 e. The maximum atomic E-state index is 7.24. The number of hydrogen-bond donors (Lipinski definition) is 0. The van der Waals surface area contributed by atoms with Crippen molar-refractivity contribution in [2.45, 2.75) is 0 Å². The molecule has 10 rings (SSSR count). The molecule has 0 atom stereocenters. The van der Waals surface area contributed by atoms with Gasteiger partial charge in [0.2, 0.25) is 0 Å². The van der Waals surface area contributed by atoms with Crippen LogP contribution in [0.15, 0.2) is 212 Å². The number of para-hydroxylation sites is 1. The predicted octanol–water partition coefficient (Wildman–Crippen LogP) is 14.8. The molecule has 9 aromatic carbocycles. The lowest BCUT2D eigenvalue weighted by molar-refractivity contribution is 0.489. The van der Waals surface area contributed by atoms with Gasteiger partial charge in [0.15, 0.2) is 0 Å². The Morgan fingerprint density at radius 2 is 0.815 bits per heavy atom. The molecule has 0 fully saturated rings. The van der Waals surface area contributed by atoms with Crippen LogP contribution in [0.4, 0.5) is 17.1 Å². The first-order chi connectivity index (χ1) is 26.8. The van der Waals surface area contributed by atoms with E-state index in [-0.39, 0.29) is 0 Å². The molecule has 1 aliphatic heterocycles. The van der Waals surface area contributed by atoms with Gasteiger partial charge in [-0.1, -0.05) is 170 Å². The van der Waals surface area contributed by atoms with Crippen LogP contribution in [0.3, 0.4) is 0 Å². The van der Waals surface area contributed by atoms with Crippen molar-refractivity contribution in [3.05, 3.63) is 212 Å². The molecule has 0 aromatic heterocycles. The van der Waals surface area contributed by atoms with Crippen LogP contribution in [0.25, 0.3) is 66.4 Å². The molecular formula is C52H35NO. The first-order valence-electron chi connectivity index (χ1n) is 18.4. The van der Waals surface area contributed by atoms with Gasteiger partial charge >= 0.3 is 0 Å². The van der Waals surface area contributed by atoms with Crippen molar-refractivity contribution in [3.63, 3.8) is 0 Å². The zero-order chi connectivity index (χ0) is 35.8. The van der Waals surface area contributed by atoms with Crippen LogP contribution >= 0.6 is 0 Å². The number of anilines is 3. The molecule has 0 unspecified atom stereocenters. The van der Waals surface area contributed by atoms with Crippen molar-refractivity contribution in [1.29, 1.82) is 0 Å². The monoisotopic (exact) mass is 689 g/mol. The minimum Gasteiger partial charge on any atom is -0.455 e. The van der Waals surface area contributed by atoms with E-state index in [0.29, 0.717) is 0 Å². The van der Waals surface area contributed by atoms with E-state index in [9.17, 15) is 0 Å². The summed E-state index contributed by atoms with van der Waals surface area (Å²) in [6, 6.07) is 75.7. The highest BCUT2D eigenvalue weighted by molar-refractivity contribution is 6.01. The van der Waals surface area contributed by atoms with Crippen LogP contribution < -0.4 is 9.64 Å². The lowest BCUT2D eigenvalue weighted by atomic mass is 9.86. The van der Waals surface area contributed by atoms with Crippen LogP contribution in [-0.4, -0.2) is 0 Å². The highest BCUT2D eigenvalue weighted by atomic mass is 16.5. The van der Waals surface area contributed by atoms with Gasteiger partial charge in [0.05, 0.1) is 0 Å². The Kier molecular flexibility index (Phi) is 7.85. The van der Waals surface area contributed by atoms with E-state index < -0.39 is 0 Å². The molecule has 9 aromatic rings. The highest BCUT2D eigenvalue weighted by Gasteiger charge is 2.27. The standard InChI is InChI=1S/C52H35NO/c1-4-14-36(15-5-1)38-26-29-42(30-27-38)53(43-31-28-37-16-10-11-21-41(37)34-43)44-32-33-47-48-24-12-22-45(39-17-6-2-7-18-39)51(48)49-25-13-23-46(40-19-8-3-9-20-40)52(49)54-50(47)35-44/h1-35H. The van der Waals surface area contributed by atoms with Crippen molar-refractivity contribution in [1.82, 2.24) is 0 Å². The third-order valence-electron chi connectivity index (χ3n) is 10.5. The summed E-state index contributed by atoms with van der Waals surface area (Å²) in [4.78, 5) is 2.33. The summed E-state index contributed by atoms with van der Waals surface area (Å²) in [6.07, 6.45) is 0. The predicted molar refractivity (Wildman–Crippen MR) is 226 cm³/mol. The minimum atomic E-state index is 0.813. The Balaban J connectivity index is 1.19. The van der Waals surface area contributed by atoms with Crippen molar-refractivity contribution < 1.29 is 4.74 Å². The summed E-state index contributed by atoms with van der Waals surface area (Å²) in [5, 5.41) is 2.40. The summed E-state index contributed by atoms with van der Waals surface area (Å²) >= 11 is 0. The molecule has 0 saturated heterocycles. The Morgan fingerprint density at radius 3 is 1.54 bits per heavy atom. The zero-order valence-electron chi connectivity index (χ0n) is 29.6. The van der Waals surface area contributed by atoms with Crippen LogP contribution in [0.5, 0.6) is 11.5 Å².